The van der Waals surface area contributed by atoms with Crippen LogP contribution in [0.1, 0.15) is 29.2 Å². The fourth-order valence-corrected chi connectivity index (χ4v) is 3.56. The van der Waals surface area contributed by atoms with Gasteiger partial charge in [-0.3, -0.25) is 9.69 Å². The predicted molar refractivity (Wildman–Crippen MR) is 109 cm³/mol. The average molecular weight is 446 g/mol. The van der Waals surface area contributed by atoms with Crippen molar-refractivity contribution in [2.75, 3.05) is 26.2 Å². The van der Waals surface area contributed by atoms with Crippen LogP contribution in [0.2, 0.25) is 0 Å². The molecule has 1 aromatic heterocycles. The molecule has 2 aromatic carbocycles. The number of hydrogen-bond acceptors (Lipinski definition) is 6. The lowest BCUT2D eigenvalue weighted by molar-refractivity contribution is -0.274. The first-order valence-electron chi connectivity index (χ1n) is 10.1. The number of rotatable bonds is 5. The molecule has 1 saturated heterocycles. The molecule has 32 heavy (non-hydrogen) atoms. The Bertz CT molecular complexity index is 1050. The second kappa shape index (κ2) is 8.99. The Kier molecular flexibility index (Phi) is 6.13. The number of aromatic nitrogens is 2. The molecule has 0 aliphatic carbocycles. The number of benzene rings is 2. The number of ether oxygens (including phenoxy) is 1. The topological polar surface area (TPSA) is 71.7 Å². The number of carbonyl (C=O) groups is 1. The highest BCUT2D eigenvalue weighted by Gasteiger charge is 2.31. The lowest BCUT2D eigenvalue weighted by atomic mass is 10.1. The SMILES string of the molecule is CC(c1nc(-c2ccccc2)no1)N1CCN(C(=O)c2ccc(OC(F)(F)F)cc2)CC1. The highest BCUT2D eigenvalue weighted by molar-refractivity contribution is 5.94. The predicted octanol–water partition coefficient (Wildman–Crippen LogP) is 4.15. The lowest BCUT2D eigenvalue weighted by Crippen LogP contribution is -2.49. The normalized spacial score (nSPS) is 16.1. The second-order valence-corrected chi connectivity index (χ2v) is 7.40. The summed E-state index contributed by atoms with van der Waals surface area (Å²) in [7, 11) is 0. The fourth-order valence-electron chi connectivity index (χ4n) is 3.56. The van der Waals surface area contributed by atoms with E-state index < -0.39 is 6.36 Å². The third-order valence-electron chi connectivity index (χ3n) is 5.32. The summed E-state index contributed by atoms with van der Waals surface area (Å²) >= 11 is 0. The maximum Gasteiger partial charge on any atom is 0.573 e. The number of halogens is 3. The number of carbonyl (C=O) groups excluding carboxylic acids is 1. The first kappa shape index (κ1) is 21.8. The highest BCUT2D eigenvalue weighted by atomic mass is 19.4. The van der Waals surface area contributed by atoms with Crippen LogP contribution in [0.15, 0.2) is 59.1 Å². The molecule has 4 rings (SSSR count). The van der Waals surface area contributed by atoms with E-state index in [-0.39, 0.29) is 17.7 Å². The monoisotopic (exact) mass is 446 g/mol. The van der Waals surface area contributed by atoms with Crippen molar-refractivity contribution in [2.45, 2.75) is 19.3 Å². The van der Waals surface area contributed by atoms with E-state index in [1.54, 1.807) is 4.90 Å². The molecule has 1 aliphatic rings. The van der Waals surface area contributed by atoms with Crippen molar-refractivity contribution in [3.05, 3.63) is 66.1 Å². The molecule has 0 bridgehead atoms. The maximum absolute atomic E-state index is 12.7. The number of alkyl halides is 3. The molecule has 1 atom stereocenters. The molecule has 0 spiro atoms. The van der Waals surface area contributed by atoms with Crippen LogP contribution in [0.3, 0.4) is 0 Å². The lowest BCUT2D eigenvalue weighted by Gasteiger charge is -2.36. The molecule has 0 radical (unpaired) electrons. The average Bonchev–Trinajstić information content (AvgIpc) is 3.29. The van der Waals surface area contributed by atoms with Crippen LogP contribution in [0.4, 0.5) is 13.2 Å². The van der Waals surface area contributed by atoms with Gasteiger partial charge in [0.2, 0.25) is 11.7 Å². The van der Waals surface area contributed by atoms with Crippen LogP contribution in [0.25, 0.3) is 11.4 Å². The molecule has 0 saturated carbocycles. The van der Waals surface area contributed by atoms with Gasteiger partial charge in [0, 0.05) is 37.3 Å². The smallest absolute Gasteiger partial charge is 0.406 e. The first-order valence-corrected chi connectivity index (χ1v) is 10.1. The largest absolute Gasteiger partial charge is 0.573 e. The zero-order valence-corrected chi connectivity index (χ0v) is 17.2. The summed E-state index contributed by atoms with van der Waals surface area (Å²) in [5, 5.41) is 4.06. The molecule has 1 fully saturated rings. The molecule has 10 heteroatoms. The van der Waals surface area contributed by atoms with Crippen molar-refractivity contribution >= 4 is 5.91 Å². The summed E-state index contributed by atoms with van der Waals surface area (Å²) in [5.74, 6) is 0.435. The van der Waals surface area contributed by atoms with Gasteiger partial charge in [-0.15, -0.1) is 13.2 Å². The minimum atomic E-state index is -4.77. The van der Waals surface area contributed by atoms with Gasteiger partial charge in [0.25, 0.3) is 5.91 Å². The molecule has 1 unspecified atom stereocenters. The van der Waals surface area contributed by atoms with Gasteiger partial charge >= 0.3 is 6.36 Å². The van der Waals surface area contributed by atoms with Gasteiger partial charge in [-0.25, -0.2) is 0 Å². The number of amides is 1. The quantitative estimate of drug-likeness (QED) is 0.586. The number of nitrogens with zero attached hydrogens (tertiary/aromatic N) is 4. The minimum Gasteiger partial charge on any atom is -0.406 e. The molecule has 0 N–H and O–H groups in total. The molecular weight excluding hydrogens is 425 g/mol. The third kappa shape index (κ3) is 5.08. The molecule has 1 amide bonds. The van der Waals surface area contributed by atoms with Crippen LogP contribution < -0.4 is 4.74 Å². The van der Waals surface area contributed by atoms with Gasteiger partial charge in [0.05, 0.1) is 6.04 Å². The van der Waals surface area contributed by atoms with E-state index in [1.165, 1.54) is 12.1 Å². The Balaban J connectivity index is 1.34. The summed E-state index contributed by atoms with van der Waals surface area (Å²) in [6.45, 7) is 4.13. The maximum atomic E-state index is 12.7. The van der Waals surface area contributed by atoms with Crippen LogP contribution in [-0.4, -0.2) is 58.4 Å². The summed E-state index contributed by atoms with van der Waals surface area (Å²) in [6.07, 6.45) is -4.77. The summed E-state index contributed by atoms with van der Waals surface area (Å²) in [5.41, 5.74) is 1.18. The number of hydrogen-bond donors (Lipinski definition) is 0. The van der Waals surface area contributed by atoms with Crippen LogP contribution >= 0.6 is 0 Å². The van der Waals surface area contributed by atoms with E-state index in [2.05, 4.69) is 19.8 Å². The first-order chi connectivity index (χ1) is 15.3. The van der Waals surface area contributed by atoms with Gasteiger partial charge in [0.1, 0.15) is 5.75 Å². The summed E-state index contributed by atoms with van der Waals surface area (Å²) in [6, 6.07) is 14.4. The van der Waals surface area contributed by atoms with Crippen LogP contribution in [-0.2, 0) is 0 Å². The van der Waals surface area contributed by atoms with E-state index in [0.29, 0.717) is 43.5 Å². The van der Waals surface area contributed by atoms with Gasteiger partial charge in [-0.2, -0.15) is 4.98 Å². The molecule has 168 valence electrons. The van der Waals surface area contributed by atoms with Crippen molar-refractivity contribution in [1.82, 2.24) is 19.9 Å². The Morgan fingerprint density at radius 3 is 2.31 bits per heavy atom. The summed E-state index contributed by atoms with van der Waals surface area (Å²) in [4.78, 5) is 21.0. The second-order valence-electron chi connectivity index (χ2n) is 7.40. The van der Waals surface area contributed by atoms with Crippen LogP contribution in [0, 0.1) is 0 Å². The third-order valence-corrected chi connectivity index (χ3v) is 5.32. The zero-order chi connectivity index (χ0) is 22.7. The van der Waals surface area contributed by atoms with Gasteiger partial charge in [-0.1, -0.05) is 35.5 Å². The molecule has 1 aliphatic heterocycles. The zero-order valence-electron chi connectivity index (χ0n) is 17.2. The standard InChI is InChI=1S/C22H21F3N4O3/c1-15(20-26-19(27-32-20)16-5-3-2-4-6-16)28-11-13-29(14-12-28)21(30)17-7-9-18(10-8-17)31-22(23,24)25/h2-10,15H,11-14H2,1H3. The Labute approximate surface area is 182 Å². The van der Waals surface area contributed by atoms with Crippen LogP contribution in [0.5, 0.6) is 5.75 Å². The molecular formula is C22H21F3N4O3. The Morgan fingerprint density at radius 2 is 1.69 bits per heavy atom. The van der Waals surface area contributed by atoms with E-state index in [9.17, 15) is 18.0 Å². The van der Waals surface area contributed by atoms with E-state index in [1.807, 2.05) is 37.3 Å². The summed E-state index contributed by atoms with van der Waals surface area (Å²) < 4.78 is 46.2. The van der Waals surface area contributed by atoms with E-state index in [4.69, 9.17) is 4.52 Å². The van der Waals surface area contributed by atoms with E-state index in [0.717, 1.165) is 17.7 Å². The van der Waals surface area contributed by atoms with Crippen molar-refractivity contribution in [3.8, 4) is 17.1 Å². The van der Waals surface area contributed by atoms with Crippen molar-refractivity contribution in [1.29, 1.82) is 0 Å². The highest BCUT2D eigenvalue weighted by Crippen LogP contribution is 2.25. The number of piperazine rings is 1. The van der Waals surface area contributed by atoms with Gasteiger partial charge in [0.15, 0.2) is 0 Å². The van der Waals surface area contributed by atoms with E-state index >= 15 is 0 Å². The molecule has 7 nitrogen and oxygen atoms in total. The van der Waals surface area contributed by atoms with Gasteiger partial charge < -0.3 is 14.2 Å². The molecule has 2 heterocycles. The van der Waals surface area contributed by atoms with Crippen molar-refractivity contribution in [2.24, 2.45) is 0 Å². The fraction of sp³-hybridized carbons (Fsp3) is 0.318. The Hall–Kier alpha value is -3.40. The minimum absolute atomic E-state index is 0.115. The van der Waals surface area contributed by atoms with Gasteiger partial charge in [-0.05, 0) is 31.2 Å². The van der Waals surface area contributed by atoms with Crippen molar-refractivity contribution in [3.63, 3.8) is 0 Å². The molecule has 3 aromatic rings. The Morgan fingerprint density at radius 1 is 1.03 bits per heavy atom. The van der Waals surface area contributed by atoms with Crippen molar-refractivity contribution < 1.29 is 27.2 Å².